The molecule has 0 amide bonds. The molecule has 5 rings (SSSR count). The van der Waals surface area contributed by atoms with Crippen LogP contribution >= 0.6 is 11.8 Å². The maximum absolute atomic E-state index is 10.4. The number of nitrogens with zero attached hydrogens (tertiary/aromatic N) is 2. The van der Waals surface area contributed by atoms with Crippen LogP contribution < -0.4 is 0 Å². The lowest BCUT2D eigenvalue weighted by molar-refractivity contribution is 0.477. The molecule has 154 valence electrons. The minimum absolute atomic E-state index is 0.218. The van der Waals surface area contributed by atoms with E-state index in [9.17, 15) is 5.11 Å². The van der Waals surface area contributed by atoms with Crippen LogP contribution in [-0.4, -0.2) is 15.1 Å². The predicted molar refractivity (Wildman–Crippen MR) is 131 cm³/mol. The zero-order valence-electron chi connectivity index (χ0n) is 17.2. The molecule has 32 heavy (non-hydrogen) atoms. The molecule has 3 aromatic carbocycles. The van der Waals surface area contributed by atoms with Gasteiger partial charge in [-0.3, -0.25) is 0 Å². The summed E-state index contributed by atoms with van der Waals surface area (Å²) in [6.07, 6.45) is 1.80. The molecule has 2 aromatic heterocycles. The van der Waals surface area contributed by atoms with Crippen molar-refractivity contribution in [1.29, 1.82) is 0 Å². The number of pyridine rings is 2. The zero-order valence-corrected chi connectivity index (χ0v) is 18.0. The normalized spacial score (nSPS) is 10.8. The summed E-state index contributed by atoms with van der Waals surface area (Å²) in [5, 5.41) is 11.4. The Morgan fingerprint density at radius 1 is 0.594 bits per heavy atom. The van der Waals surface area contributed by atoms with Gasteiger partial charge in [-0.15, -0.1) is 0 Å². The van der Waals surface area contributed by atoms with Crippen LogP contribution in [0.4, 0.5) is 0 Å². The number of aromatic nitrogens is 2. The van der Waals surface area contributed by atoms with Crippen LogP contribution in [0.15, 0.2) is 125 Å². The van der Waals surface area contributed by atoms with Crippen LogP contribution in [0, 0.1) is 0 Å². The van der Waals surface area contributed by atoms with E-state index < -0.39 is 0 Å². The molecular formula is C28H20N2OS. The highest BCUT2D eigenvalue weighted by molar-refractivity contribution is 7.99. The third kappa shape index (κ3) is 4.41. The molecule has 0 bridgehead atoms. The van der Waals surface area contributed by atoms with Crippen LogP contribution in [0.25, 0.3) is 33.6 Å². The largest absolute Gasteiger partial charge is 0.507 e. The zero-order chi connectivity index (χ0) is 21.8. The molecule has 2 heterocycles. The second-order valence-corrected chi connectivity index (χ2v) is 8.40. The van der Waals surface area contributed by atoms with E-state index in [1.807, 2.05) is 66.7 Å². The Hall–Kier alpha value is -3.89. The molecule has 0 atom stereocenters. The summed E-state index contributed by atoms with van der Waals surface area (Å²) in [4.78, 5) is 10.4. The average molecular weight is 433 g/mol. The Morgan fingerprint density at radius 2 is 1.34 bits per heavy atom. The summed E-state index contributed by atoms with van der Waals surface area (Å²) in [7, 11) is 0. The van der Waals surface area contributed by atoms with Crippen molar-refractivity contribution in [2.75, 3.05) is 0 Å². The maximum atomic E-state index is 10.4. The third-order valence-electron chi connectivity index (χ3n) is 5.10. The van der Waals surface area contributed by atoms with E-state index >= 15 is 0 Å². The van der Waals surface area contributed by atoms with Crippen LogP contribution in [0.3, 0.4) is 0 Å². The molecular weight excluding hydrogens is 412 g/mol. The number of hydrogen-bond acceptors (Lipinski definition) is 4. The second kappa shape index (κ2) is 9.08. The van der Waals surface area contributed by atoms with Crippen molar-refractivity contribution in [1.82, 2.24) is 9.97 Å². The summed E-state index contributed by atoms with van der Waals surface area (Å²) in [6.45, 7) is 0. The topological polar surface area (TPSA) is 46.0 Å². The number of aromatic hydroxyl groups is 1. The van der Waals surface area contributed by atoms with Gasteiger partial charge in [0.15, 0.2) is 0 Å². The van der Waals surface area contributed by atoms with Gasteiger partial charge in [0.2, 0.25) is 0 Å². The molecule has 0 spiro atoms. The molecule has 0 radical (unpaired) electrons. The van der Waals surface area contributed by atoms with E-state index in [0.717, 1.165) is 38.0 Å². The fourth-order valence-corrected chi connectivity index (χ4v) is 4.39. The van der Waals surface area contributed by atoms with E-state index in [4.69, 9.17) is 4.98 Å². The molecule has 0 aliphatic carbocycles. The quantitative estimate of drug-likeness (QED) is 0.316. The van der Waals surface area contributed by atoms with E-state index in [0.29, 0.717) is 5.56 Å². The predicted octanol–water partition coefficient (Wildman–Crippen LogP) is 7.33. The molecule has 0 aliphatic rings. The van der Waals surface area contributed by atoms with Crippen molar-refractivity contribution < 1.29 is 5.11 Å². The van der Waals surface area contributed by atoms with Gasteiger partial charge in [-0.2, -0.15) is 0 Å². The van der Waals surface area contributed by atoms with Gasteiger partial charge in [0.05, 0.1) is 11.4 Å². The Balaban J connectivity index is 1.61. The summed E-state index contributed by atoms with van der Waals surface area (Å²) < 4.78 is 0. The molecule has 1 N–H and O–H groups in total. The van der Waals surface area contributed by atoms with Gasteiger partial charge < -0.3 is 5.11 Å². The van der Waals surface area contributed by atoms with Gasteiger partial charge in [-0.1, -0.05) is 72.4 Å². The van der Waals surface area contributed by atoms with E-state index in [1.165, 1.54) is 0 Å². The van der Waals surface area contributed by atoms with E-state index in [2.05, 4.69) is 41.4 Å². The van der Waals surface area contributed by atoms with Crippen LogP contribution in [-0.2, 0) is 0 Å². The van der Waals surface area contributed by atoms with Gasteiger partial charge >= 0.3 is 0 Å². The van der Waals surface area contributed by atoms with Gasteiger partial charge in [-0.05, 0) is 59.7 Å². The molecule has 0 saturated heterocycles. The van der Waals surface area contributed by atoms with Crippen LogP contribution in [0.5, 0.6) is 5.75 Å². The number of para-hydroxylation sites is 1. The van der Waals surface area contributed by atoms with E-state index in [-0.39, 0.29) is 5.75 Å². The lowest BCUT2D eigenvalue weighted by Crippen LogP contribution is -1.92. The van der Waals surface area contributed by atoms with E-state index in [1.54, 1.807) is 24.0 Å². The number of rotatable bonds is 5. The minimum Gasteiger partial charge on any atom is -0.507 e. The van der Waals surface area contributed by atoms with Crippen molar-refractivity contribution in [2.45, 2.75) is 9.92 Å². The van der Waals surface area contributed by atoms with Crippen molar-refractivity contribution >= 4 is 11.8 Å². The third-order valence-corrected chi connectivity index (χ3v) is 6.04. The lowest BCUT2D eigenvalue weighted by atomic mass is 10.00. The van der Waals surface area contributed by atoms with Gasteiger partial charge in [0, 0.05) is 22.2 Å². The number of phenolic OH excluding ortho intramolecular Hbond substituents is 1. The molecule has 4 heteroatoms. The van der Waals surface area contributed by atoms with Crippen LogP contribution in [0.1, 0.15) is 0 Å². The highest BCUT2D eigenvalue weighted by Crippen LogP contribution is 2.35. The standard InChI is InChI=1S/C28H20N2OS/c31-27-14-5-4-13-24(27)26-19-22(20-9-2-1-3-10-20)18-25(30-26)21-11-8-12-23(17-21)32-28-15-6-7-16-29-28/h1-19,31H. The van der Waals surface area contributed by atoms with Gasteiger partial charge in [-0.25, -0.2) is 9.97 Å². The first-order valence-electron chi connectivity index (χ1n) is 10.3. The molecule has 0 fully saturated rings. The highest BCUT2D eigenvalue weighted by atomic mass is 32.2. The van der Waals surface area contributed by atoms with Crippen LogP contribution in [0.2, 0.25) is 0 Å². The van der Waals surface area contributed by atoms with Crippen molar-refractivity contribution in [3.63, 3.8) is 0 Å². The Labute approximate surface area is 191 Å². The van der Waals surface area contributed by atoms with Crippen molar-refractivity contribution in [3.05, 3.63) is 115 Å². The molecule has 0 saturated carbocycles. The highest BCUT2D eigenvalue weighted by Gasteiger charge is 2.12. The van der Waals surface area contributed by atoms with Gasteiger partial charge in [0.25, 0.3) is 0 Å². The molecule has 0 unspecified atom stereocenters. The van der Waals surface area contributed by atoms with Crippen molar-refractivity contribution in [2.24, 2.45) is 0 Å². The molecule has 0 aliphatic heterocycles. The smallest absolute Gasteiger partial charge is 0.124 e. The van der Waals surface area contributed by atoms with Gasteiger partial charge in [0.1, 0.15) is 10.8 Å². The summed E-state index contributed by atoms with van der Waals surface area (Å²) in [6, 6.07) is 35.9. The SMILES string of the molecule is Oc1ccccc1-c1cc(-c2ccccc2)cc(-c2cccc(Sc3ccccn3)c2)n1. The Kier molecular flexibility index (Phi) is 5.69. The first-order chi connectivity index (χ1) is 15.8. The minimum atomic E-state index is 0.218. The first kappa shape index (κ1) is 20.0. The fraction of sp³-hybridized carbons (Fsp3) is 0. The fourth-order valence-electron chi connectivity index (χ4n) is 3.55. The summed E-state index contributed by atoms with van der Waals surface area (Å²) in [5.74, 6) is 0.218. The lowest BCUT2D eigenvalue weighted by Gasteiger charge is -2.12. The summed E-state index contributed by atoms with van der Waals surface area (Å²) in [5.41, 5.74) is 5.48. The number of benzene rings is 3. The summed E-state index contributed by atoms with van der Waals surface area (Å²) >= 11 is 1.62. The average Bonchev–Trinajstić information content (AvgIpc) is 2.85. The maximum Gasteiger partial charge on any atom is 0.124 e. The van der Waals surface area contributed by atoms with Crippen molar-refractivity contribution in [3.8, 4) is 39.4 Å². The molecule has 3 nitrogen and oxygen atoms in total. The monoisotopic (exact) mass is 432 g/mol. The first-order valence-corrected chi connectivity index (χ1v) is 11.1. The number of hydrogen-bond donors (Lipinski definition) is 1. The molecule has 5 aromatic rings. The second-order valence-electron chi connectivity index (χ2n) is 7.31. The Bertz CT molecular complexity index is 1350. The number of phenols is 1. The Morgan fingerprint density at radius 3 is 2.16 bits per heavy atom.